The average Bonchev–Trinajstić information content (AvgIpc) is 2.63. The van der Waals surface area contributed by atoms with Crippen molar-refractivity contribution in [3.8, 4) is 5.75 Å². The third kappa shape index (κ3) is 2.65. The van der Waals surface area contributed by atoms with E-state index in [9.17, 15) is 19.2 Å². The number of ketones is 4. The number of rotatable bonds is 4. The summed E-state index contributed by atoms with van der Waals surface area (Å²) in [6.45, 7) is 0. The number of benzene rings is 2. The summed E-state index contributed by atoms with van der Waals surface area (Å²) in [7, 11) is 1.51. The van der Waals surface area contributed by atoms with Crippen molar-refractivity contribution in [2.45, 2.75) is 6.42 Å². The van der Waals surface area contributed by atoms with Gasteiger partial charge in [0.15, 0.2) is 11.6 Å². The predicted octanol–water partition coefficient (Wildman–Crippen LogP) is 2.53. The minimum Gasteiger partial charge on any atom is -0.497 e. The molecule has 0 spiro atoms. The number of methoxy groups -OCH3 is 1. The maximum atomic E-state index is 12.5. The van der Waals surface area contributed by atoms with E-state index in [2.05, 4.69) is 0 Å². The highest BCUT2D eigenvalue weighted by Crippen LogP contribution is 2.26. The molecule has 0 heterocycles. The Kier molecular flexibility index (Phi) is 4.08. The fourth-order valence-electron chi connectivity index (χ4n) is 2.76. The lowest BCUT2D eigenvalue weighted by molar-refractivity contribution is -0.117. The Morgan fingerprint density at radius 1 is 0.917 bits per heavy atom. The van der Waals surface area contributed by atoms with E-state index in [0.717, 1.165) is 0 Å². The van der Waals surface area contributed by atoms with E-state index in [1.807, 2.05) is 0 Å². The van der Waals surface area contributed by atoms with Gasteiger partial charge in [-0.15, -0.1) is 0 Å². The van der Waals surface area contributed by atoms with Gasteiger partial charge in [0.2, 0.25) is 11.6 Å². The first-order chi connectivity index (χ1) is 11.5. The van der Waals surface area contributed by atoms with E-state index in [4.69, 9.17) is 4.74 Å². The van der Waals surface area contributed by atoms with Crippen LogP contribution in [0, 0.1) is 5.92 Å². The molecular weight excluding hydrogens is 308 g/mol. The molecule has 1 aliphatic carbocycles. The highest BCUT2D eigenvalue weighted by molar-refractivity contribution is 6.52. The molecule has 0 amide bonds. The van der Waals surface area contributed by atoms with Crippen LogP contribution in [0.3, 0.4) is 0 Å². The molecule has 3 rings (SSSR count). The van der Waals surface area contributed by atoms with Crippen LogP contribution in [0.25, 0.3) is 0 Å². The quantitative estimate of drug-likeness (QED) is 0.491. The molecule has 2 aromatic carbocycles. The Bertz CT molecular complexity index is 848. The third-order valence-electron chi connectivity index (χ3n) is 4.10. The van der Waals surface area contributed by atoms with E-state index in [0.29, 0.717) is 11.3 Å². The van der Waals surface area contributed by atoms with Gasteiger partial charge in [0.25, 0.3) is 0 Å². The van der Waals surface area contributed by atoms with Gasteiger partial charge in [-0.05, 0) is 24.3 Å². The molecule has 0 radical (unpaired) electrons. The van der Waals surface area contributed by atoms with Crippen LogP contribution in [0.15, 0.2) is 48.5 Å². The van der Waals surface area contributed by atoms with Crippen molar-refractivity contribution < 1.29 is 23.9 Å². The summed E-state index contributed by atoms with van der Waals surface area (Å²) in [4.78, 5) is 49.2. The molecule has 1 unspecified atom stereocenters. The van der Waals surface area contributed by atoms with E-state index in [-0.39, 0.29) is 23.3 Å². The number of hydrogen-bond acceptors (Lipinski definition) is 5. The van der Waals surface area contributed by atoms with Crippen molar-refractivity contribution in [2.24, 2.45) is 5.92 Å². The monoisotopic (exact) mass is 322 g/mol. The summed E-state index contributed by atoms with van der Waals surface area (Å²) in [6, 6.07) is 12.6. The van der Waals surface area contributed by atoms with E-state index in [1.165, 1.54) is 19.2 Å². The molecule has 120 valence electrons. The average molecular weight is 322 g/mol. The van der Waals surface area contributed by atoms with Crippen molar-refractivity contribution in [2.75, 3.05) is 7.11 Å². The summed E-state index contributed by atoms with van der Waals surface area (Å²) >= 11 is 0. The Balaban J connectivity index is 1.87. The zero-order valence-corrected chi connectivity index (χ0v) is 12.9. The molecule has 1 atom stereocenters. The van der Waals surface area contributed by atoms with Crippen LogP contribution >= 0.6 is 0 Å². The minimum absolute atomic E-state index is 0.112. The fraction of sp³-hybridized carbons (Fsp3) is 0.158. The lowest BCUT2D eigenvalue weighted by Crippen LogP contribution is -2.38. The maximum Gasteiger partial charge on any atom is 0.230 e. The highest BCUT2D eigenvalue weighted by Gasteiger charge is 2.41. The van der Waals surface area contributed by atoms with Gasteiger partial charge in [-0.1, -0.05) is 24.3 Å². The second-order valence-electron chi connectivity index (χ2n) is 5.51. The van der Waals surface area contributed by atoms with Crippen LogP contribution < -0.4 is 4.74 Å². The summed E-state index contributed by atoms with van der Waals surface area (Å²) < 4.78 is 5.02. The predicted molar refractivity (Wildman–Crippen MR) is 85.5 cm³/mol. The Morgan fingerprint density at radius 3 is 2.17 bits per heavy atom. The van der Waals surface area contributed by atoms with Gasteiger partial charge < -0.3 is 4.74 Å². The van der Waals surface area contributed by atoms with E-state index in [1.54, 1.807) is 36.4 Å². The largest absolute Gasteiger partial charge is 0.497 e. The van der Waals surface area contributed by atoms with Crippen LogP contribution in [0.4, 0.5) is 0 Å². The fourth-order valence-corrected chi connectivity index (χ4v) is 2.76. The second kappa shape index (κ2) is 6.20. The third-order valence-corrected chi connectivity index (χ3v) is 4.10. The van der Waals surface area contributed by atoms with Crippen molar-refractivity contribution in [1.29, 1.82) is 0 Å². The standard InChI is InChI=1S/C19H14O5/c1-24-12-8-6-11(7-9-12)16(20)10-15-17(21)13-4-2-3-5-14(13)18(22)19(15)23/h2-9,15H,10H2,1H3. The van der Waals surface area contributed by atoms with Gasteiger partial charge in [-0.2, -0.15) is 0 Å². The first-order valence-corrected chi connectivity index (χ1v) is 7.42. The molecule has 1 aliphatic rings. The zero-order valence-electron chi connectivity index (χ0n) is 12.9. The zero-order chi connectivity index (χ0) is 17.3. The lowest BCUT2D eigenvalue weighted by Gasteiger charge is -2.20. The van der Waals surface area contributed by atoms with Gasteiger partial charge in [-0.25, -0.2) is 0 Å². The molecular formula is C19H14O5. The first kappa shape index (κ1) is 15.8. The normalized spacial score (nSPS) is 16.7. The van der Waals surface area contributed by atoms with Gasteiger partial charge in [0.05, 0.1) is 13.0 Å². The molecule has 0 saturated carbocycles. The van der Waals surface area contributed by atoms with Crippen LogP contribution in [0.1, 0.15) is 37.5 Å². The Labute approximate surface area is 138 Å². The molecule has 5 nitrogen and oxygen atoms in total. The van der Waals surface area contributed by atoms with Crippen LogP contribution in [0.2, 0.25) is 0 Å². The SMILES string of the molecule is COc1ccc(C(=O)CC2C(=O)C(=O)c3ccccc3C2=O)cc1. The number of carbonyl (C=O) groups is 4. The first-order valence-electron chi connectivity index (χ1n) is 7.42. The minimum atomic E-state index is -1.25. The van der Waals surface area contributed by atoms with Crippen molar-refractivity contribution >= 4 is 23.1 Å². The van der Waals surface area contributed by atoms with Crippen LogP contribution in [-0.4, -0.2) is 30.2 Å². The molecule has 5 heteroatoms. The van der Waals surface area contributed by atoms with Crippen molar-refractivity contribution in [3.63, 3.8) is 0 Å². The number of fused-ring (bicyclic) bond motifs is 1. The van der Waals surface area contributed by atoms with Crippen molar-refractivity contribution in [1.82, 2.24) is 0 Å². The van der Waals surface area contributed by atoms with Crippen LogP contribution in [0.5, 0.6) is 5.75 Å². The molecule has 2 aromatic rings. The maximum absolute atomic E-state index is 12.5. The van der Waals surface area contributed by atoms with Crippen molar-refractivity contribution in [3.05, 3.63) is 65.2 Å². The van der Waals surface area contributed by atoms with Gasteiger partial charge in [0, 0.05) is 23.1 Å². The Hall–Kier alpha value is -3.08. The topological polar surface area (TPSA) is 77.5 Å². The molecule has 0 saturated heterocycles. The highest BCUT2D eigenvalue weighted by atomic mass is 16.5. The molecule has 0 N–H and O–H groups in total. The lowest BCUT2D eigenvalue weighted by atomic mass is 9.78. The molecule has 0 fully saturated rings. The van der Waals surface area contributed by atoms with Gasteiger partial charge in [-0.3, -0.25) is 19.2 Å². The number of ether oxygens (including phenoxy) is 1. The summed E-state index contributed by atoms with van der Waals surface area (Å²) in [6.07, 6.45) is -0.315. The smallest absolute Gasteiger partial charge is 0.230 e. The number of carbonyl (C=O) groups excluding carboxylic acids is 4. The summed E-state index contributed by atoms with van der Waals surface area (Å²) in [5.74, 6) is -3.02. The van der Waals surface area contributed by atoms with E-state index < -0.39 is 23.3 Å². The summed E-state index contributed by atoms with van der Waals surface area (Å²) in [5.41, 5.74) is 0.679. The second-order valence-corrected chi connectivity index (χ2v) is 5.51. The molecule has 0 aromatic heterocycles. The van der Waals surface area contributed by atoms with E-state index >= 15 is 0 Å². The summed E-state index contributed by atoms with van der Waals surface area (Å²) in [5, 5.41) is 0. The van der Waals surface area contributed by atoms with Gasteiger partial charge in [0.1, 0.15) is 5.75 Å². The number of Topliss-reactive ketones (excluding diaryl/α,β-unsaturated/α-hetero) is 4. The number of hydrogen-bond donors (Lipinski definition) is 0. The molecule has 24 heavy (non-hydrogen) atoms. The van der Waals surface area contributed by atoms with Gasteiger partial charge >= 0.3 is 0 Å². The van der Waals surface area contributed by atoms with Crippen LogP contribution in [-0.2, 0) is 4.79 Å². The Morgan fingerprint density at radius 2 is 1.54 bits per heavy atom. The molecule has 0 aliphatic heterocycles. The molecule has 0 bridgehead atoms.